The summed E-state index contributed by atoms with van der Waals surface area (Å²) in [5.41, 5.74) is 2.90. The number of hydrogen-bond donors (Lipinski definition) is 2. The van der Waals surface area contributed by atoms with Crippen LogP contribution >= 0.6 is 0 Å². The molecule has 1 amide bonds. The van der Waals surface area contributed by atoms with Crippen molar-refractivity contribution in [2.45, 2.75) is 13.0 Å². The summed E-state index contributed by atoms with van der Waals surface area (Å²) in [7, 11) is 1.62. The van der Waals surface area contributed by atoms with Crippen LogP contribution in [0.5, 0.6) is 11.5 Å². The van der Waals surface area contributed by atoms with Gasteiger partial charge in [0.05, 0.1) is 7.11 Å². The lowest BCUT2D eigenvalue weighted by atomic mass is 10.1. The molecule has 0 fully saturated rings. The largest absolute Gasteiger partial charge is 0.493 e. The van der Waals surface area contributed by atoms with Gasteiger partial charge in [-0.2, -0.15) is 0 Å². The van der Waals surface area contributed by atoms with Crippen molar-refractivity contribution in [3.05, 3.63) is 90.0 Å². The Morgan fingerprint density at radius 3 is 2.28 bits per heavy atom. The fourth-order valence-electron chi connectivity index (χ4n) is 3.05. The van der Waals surface area contributed by atoms with E-state index in [-0.39, 0.29) is 11.9 Å². The van der Waals surface area contributed by atoms with Gasteiger partial charge in [0.15, 0.2) is 17.5 Å². The molecule has 0 aliphatic carbocycles. The summed E-state index contributed by atoms with van der Waals surface area (Å²) in [6.45, 7) is 3.11. The van der Waals surface area contributed by atoms with Crippen molar-refractivity contribution >= 4 is 11.6 Å². The van der Waals surface area contributed by atoms with Crippen LogP contribution in [-0.2, 0) is 4.79 Å². The maximum atomic E-state index is 13.0. The Bertz CT molecular complexity index is 911. The van der Waals surface area contributed by atoms with E-state index in [0.717, 1.165) is 16.8 Å². The van der Waals surface area contributed by atoms with Gasteiger partial charge >= 0.3 is 0 Å². The van der Waals surface area contributed by atoms with Crippen molar-refractivity contribution in [2.75, 3.05) is 25.6 Å². The summed E-state index contributed by atoms with van der Waals surface area (Å²) in [4.78, 5) is 13.0. The van der Waals surface area contributed by atoms with E-state index in [0.29, 0.717) is 24.7 Å². The summed E-state index contributed by atoms with van der Waals surface area (Å²) >= 11 is 0. The first-order valence-electron chi connectivity index (χ1n) is 9.69. The van der Waals surface area contributed by atoms with Crippen molar-refractivity contribution in [3.8, 4) is 11.5 Å². The minimum atomic E-state index is -0.362. The fraction of sp³-hybridized carbons (Fsp3) is 0.208. The van der Waals surface area contributed by atoms with Gasteiger partial charge in [-0.05, 0) is 31.2 Å². The Hall–Kier alpha value is -3.31. The molecule has 0 aliphatic heterocycles. The highest BCUT2D eigenvalue weighted by Gasteiger charge is 2.24. The number of para-hydroxylation sites is 2. The number of carbonyl (C=O) groups is 1. The molecule has 0 aromatic heterocycles. The smallest absolute Gasteiger partial charge is 0.287 e. The fourth-order valence-corrected chi connectivity index (χ4v) is 3.05. The van der Waals surface area contributed by atoms with E-state index >= 15 is 0 Å². The summed E-state index contributed by atoms with van der Waals surface area (Å²) < 4.78 is 11.1. The minimum absolute atomic E-state index is 0.0580. The van der Waals surface area contributed by atoms with Crippen LogP contribution in [0.3, 0.4) is 0 Å². The summed E-state index contributed by atoms with van der Waals surface area (Å²) in [6.07, 6.45) is 0. The second kappa shape index (κ2) is 10.3. The number of amides is 1. The monoisotopic (exact) mass is 391 g/mol. The average Bonchev–Trinajstić information content (AvgIpc) is 2.76. The van der Waals surface area contributed by atoms with E-state index in [1.807, 2.05) is 91.1 Å². The van der Waals surface area contributed by atoms with E-state index in [1.165, 1.54) is 0 Å². The van der Waals surface area contributed by atoms with Crippen LogP contribution in [0.25, 0.3) is 0 Å². The van der Waals surface area contributed by atoms with Gasteiger partial charge in [-0.25, -0.2) is 0 Å². The molecule has 150 valence electrons. The molecular weight excluding hydrogens is 364 g/mol. The molecule has 0 aliphatic rings. The van der Waals surface area contributed by atoms with Gasteiger partial charge in [0, 0.05) is 11.3 Å². The van der Waals surface area contributed by atoms with E-state index in [4.69, 9.17) is 9.47 Å². The zero-order valence-electron chi connectivity index (χ0n) is 16.8. The standard InChI is InChI=1S/C24H26N2O3/c1-18-12-14-20(15-13-18)26-24(27)23(19-8-4-3-5-9-19)25-16-17-29-22-11-7-6-10-21(22)28-2/h3-15,23,25H,16-17H2,1-2H3,(H,26,27)/p+1/t23-/m0/s1. The number of rotatable bonds is 9. The Kier molecular flexibility index (Phi) is 7.25. The van der Waals surface area contributed by atoms with E-state index < -0.39 is 0 Å². The van der Waals surface area contributed by atoms with Crippen molar-refractivity contribution in [2.24, 2.45) is 0 Å². The van der Waals surface area contributed by atoms with Crippen molar-refractivity contribution < 1.29 is 19.6 Å². The molecule has 0 spiro atoms. The topological polar surface area (TPSA) is 64.2 Å². The lowest BCUT2D eigenvalue weighted by Crippen LogP contribution is -2.88. The predicted octanol–water partition coefficient (Wildman–Crippen LogP) is 3.33. The van der Waals surface area contributed by atoms with Gasteiger partial charge < -0.3 is 20.1 Å². The summed E-state index contributed by atoms with van der Waals surface area (Å²) in [6, 6.07) is 24.8. The van der Waals surface area contributed by atoms with Gasteiger partial charge in [0.2, 0.25) is 0 Å². The molecule has 0 radical (unpaired) electrons. The molecule has 5 heteroatoms. The molecule has 1 atom stereocenters. The molecule has 3 N–H and O–H groups in total. The molecule has 5 nitrogen and oxygen atoms in total. The molecule has 0 saturated heterocycles. The number of carbonyl (C=O) groups excluding carboxylic acids is 1. The number of benzene rings is 3. The first-order chi connectivity index (χ1) is 14.2. The Labute approximate surface area is 171 Å². The number of methoxy groups -OCH3 is 1. The normalized spacial score (nSPS) is 11.5. The zero-order valence-corrected chi connectivity index (χ0v) is 16.8. The van der Waals surface area contributed by atoms with Crippen molar-refractivity contribution in [1.82, 2.24) is 0 Å². The Morgan fingerprint density at radius 2 is 1.59 bits per heavy atom. The molecular formula is C24H27N2O3+. The van der Waals surface area contributed by atoms with Crippen LogP contribution in [0.15, 0.2) is 78.9 Å². The highest BCUT2D eigenvalue weighted by Crippen LogP contribution is 2.25. The first-order valence-corrected chi connectivity index (χ1v) is 9.69. The van der Waals surface area contributed by atoms with Crippen LogP contribution in [0.2, 0.25) is 0 Å². The molecule has 3 aromatic carbocycles. The molecule has 3 rings (SSSR count). The maximum Gasteiger partial charge on any atom is 0.287 e. The maximum absolute atomic E-state index is 13.0. The number of hydrogen-bond acceptors (Lipinski definition) is 3. The third kappa shape index (κ3) is 5.83. The van der Waals surface area contributed by atoms with Crippen LogP contribution in [-0.4, -0.2) is 26.2 Å². The van der Waals surface area contributed by atoms with Gasteiger partial charge in [0.1, 0.15) is 13.2 Å². The molecule has 29 heavy (non-hydrogen) atoms. The van der Waals surface area contributed by atoms with Crippen LogP contribution in [0.1, 0.15) is 17.2 Å². The SMILES string of the molecule is COc1ccccc1OCC[NH2+][C@H](C(=O)Nc1ccc(C)cc1)c1ccccc1. The van der Waals surface area contributed by atoms with E-state index in [9.17, 15) is 4.79 Å². The third-order valence-electron chi connectivity index (χ3n) is 4.61. The average molecular weight is 391 g/mol. The Balaban J connectivity index is 1.63. The highest BCUT2D eigenvalue weighted by molar-refractivity contribution is 5.94. The summed E-state index contributed by atoms with van der Waals surface area (Å²) in [5.74, 6) is 1.34. The van der Waals surface area contributed by atoms with Crippen LogP contribution < -0.4 is 20.1 Å². The zero-order chi connectivity index (χ0) is 20.5. The van der Waals surface area contributed by atoms with E-state index in [2.05, 4.69) is 5.32 Å². The van der Waals surface area contributed by atoms with Crippen LogP contribution in [0.4, 0.5) is 5.69 Å². The van der Waals surface area contributed by atoms with Crippen molar-refractivity contribution in [1.29, 1.82) is 0 Å². The summed E-state index contributed by atoms with van der Waals surface area (Å²) in [5, 5.41) is 5.01. The lowest BCUT2D eigenvalue weighted by molar-refractivity contribution is -0.682. The molecule has 3 aromatic rings. The second-order valence-electron chi connectivity index (χ2n) is 6.77. The lowest BCUT2D eigenvalue weighted by Gasteiger charge is -2.17. The predicted molar refractivity (Wildman–Crippen MR) is 114 cm³/mol. The van der Waals surface area contributed by atoms with E-state index in [1.54, 1.807) is 7.11 Å². The van der Waals surface area contributed by atoms with Crippen molar-refractivity contribution in [3.63, 3.8) is 0 Å². The van der Waals surface area contributed by atoms with Gasteiger partial charge in [0.25, 0.3) is 5.91 Å². The molecule has 0 heterocycles. The second-order valence-corrected chi connectivity index (χ2v) is 6.77. The minimum Gasteiger partial charge on any atom is -0.493 e. The van der Waals surface area contributed by atoms with Gasteiger partial charge in [-0.3, -0.25) is 4.79 Å². The number of quaternary nitrogens is 1. The molecule has 0 bridgehead atoms. The first kappa shape index (κ1) is 20.4. The number of ether oxygens (including phenoxy) is 2. The van der Waals surface area contributed by atoms with Crippen LogP contribution in [0, 0.1) is 6.92 Å². The molecule has 0 unspecified atom stereocenters. The quantitative estimate of drug-likeness (QED) is 0.550. The number of nitrogens with one attached hydrogen (secondary N) is 1. The Morgan fingerprint density at radius 1 is 0.931 bits per heavy atom. The number of aryl methyl sites for hydroxylation is 1. The molecule has 0 saturated carbocycles. The third-order valence-corrected chi connectivity index (χ3v) is 4.61. The number of anilines is 1. The highest BCUT2D eigenvalue weighted by atomic mass is 16.5. The number of nitrogens with two attached hydrogens (primary N) is 1. The van der Waals surface area contributed by atoms with Gasteiger partial charge in [-0.1, -0.05) is 60.2 Å². The van der Waals surface area contributed by atoms with Gasteiger partial charge in [-0.15, -0.1) is 0 Å².